The van der Waals surface area contributed by atoms with Crippen LogP contribution in [0.2, 0.25) is 0 Å². The second kappa shape index (κ2) is 9.34. The minimum Gasteiger partial charge on any atom is -0.354 e. The van der Waals surface area contributed by atoms with E-state index in [0.717, 1.165) is 5.56 Å². The Morgan fingerprint density at radius 2 is 1.70 bits per heavy atom. The van der Waals surface area contributed by atoms with Gasteiger partial charge in [0.25, 0.3) is 5.91 Å². The number of hydrogen-bond acceptors (Lipinski definition) is 3. The number of hydrogen-bond donors (Lipinski definition) is 3. The summed E-state index contributed by atoms with van der Waals surface area (Å²) < 4.78 is 0. The Hall–Kier alpha value is -1.59. The van der Waals surface area contributed by atoms with Crippen LogP contribution in [0.15, 0.2) is 24.3 Å². The maximum atomic E-state index is 11.7. The van der Waals surface area contributed by atoms with Crippen LogP contribution in [0.4, 0.5) is 0 Å². The Labute approximate surface area is 125 Å². The molecule has 0 heterocycles. The summed E-state index contributed by atoms with van der Waals surface area (Å²) in [5.41, 5.74) is 7.23. The lowest BCUT2D eigenvalue weighted by Crippen LogP contribution is -2.36. The molecule has 5 nitrogen and oxygen atoms in total. The molecular formula is C14H22ClN3O2. The molecule has 0 saturated carbocycles. The topological polar surface area (TPSA) is 84.2 Å². The Balaban J connectivity index is 0.00000361. The van der Waals surface area contributed by atoms with Gasteiger partial charge in [0, 0.05) is 31.1 Å². The number of rotatable bonds is 6. The molecule has 6 heteroatoms. The normalized spacial score (nSPS) is 11.2. The van der Waals surface area contributed by atoms with Crippen molar-refractivity contribution < 1.29 is 9.59 Å². The van der Waals surface area contributed by atoms with Crippen LogP contribution in [0.3, 0.4) is 0 Å². The van der Waals surface area contributed by atoms with E-state index in [2.05, 4.69) is 10.6 Å². The predicted molar refractivity (Wildman–Crippen MR) is 82.0 cm³/mol. The molecule has 1 unspecified atom stereocenters. The highest BCUT2D eigenvalue weighted by Crippen LogP contribution is 2.02. The third-order valence-corrected chi connectivity index (χ3v) is 2.55. The first-order chi connectivity index (χ1) is 8.99. The molecule has 2 amide bonds. The van der Waals surface area contributed by atoms with Gasteiger partial charge in [-0.15, -0.1) is 12.4 Å². The van der Waals surface area contributed by atoms with Crippen molar-refractivity contribution in [1.29, 1.82) is 0 Å². The van der Waals surface area contributed by atoms with Crippen molar-refractivity contribution in [3.8, 4) is 0 Å². The fourth-order valence-electron chi connectivity index (χ4n) is 1.55. The molecule has 1 atom stereocenters. The molecule has 0 spiro atoms. The third-order valence-electron chi connectivity index (χ3n) is 2.55. The van der Waals surface area contributed by atoms with Gasteiger partial charge in [-0.1, -0.05) is 17.7 Å². The largest absolute Gasteiger partial charge is 0.354 e. The van der Waals surface area contributed by atoms with Crippen molar-refractivity contribution in [2.45, 2.75) is 26.3 Å². The van der Waals surface area contributed by atoms with Crippen molar-refractivity contribution in [1.82, 2.24) is 10.6 Å². The lowest BCUT2D eigenvalue weighted by atomic mass is 10.1. The fourth-order valence-corrected chi connectivity index (χ4v) is 1.55. The molecule has 0 aromatic heterocycles. The molecule has 0 aliphatic carbocycles. The van der Waals surface area contributed by atoms with Crippen LogP contribution in [-0.2, 0) is 4.79 Å². The molecule has 1 rings (SSSR count). The first-order valence-electron chi connectivity index (χ1n) is 6.36. The molecule has 0 aliphatic heterocycles. The SMILES string of the molecule is Cc1ccc(C(=O)NCCNC(=O)CC(C)N)cc1.Cl. The summed E-state index contributed by atoms with van der Waals surface area (Å²) in [5.74, 6) is -0.235. The zero-order valence-electron chi connectivity index (χ0n) is 11.8. The van der Waals surface area contributed by atoms with Gasteiger partial charge >= 0.3 is 0 Å². The number of benzene rings is 1. The summed E-state index contributed by atoms with van der Waals surface area (Å²) in [6, 6.07) is 7.18. The minimum atomic E-state index is -0.151. The second-order valence-corrected chi connectivity index (χ2v) is 4.65. The smallest absolute Gasteiger partial charge is 0.251 e. The first-order valence-corrected chi connectivity index (χ1v) is 6.36. The summed E-state index contributed by atoms with van der Waals surface area (Å²) in [6.07, 6.45) is 0.298. The Morgan fingerprint density at radius 1 is 1.15 bits per heavy atom. The van der Waals surface area contributed by atoms with Crippen molar-refractivity contribution >= 4 is 24.2 Å². The second-order valence-electron chi connectivity index (χ2n) is 4.65. The van der Waals surface area contributed by atoms with Crippen LogP contribution in [0.1, 0.15) is 29.3 Å². The van der Waals surface area contributed by atoms with Gasteiger partial charge in [0.2, 0.25) is 5.91 Å². The average Bonchev–Trinajstić information content (AvgIpc) is 2.34. The number of amides is 2. The number of nitrogens with two attached hydrogens (primary N) is 1. The minimum absolute atomic E-state index is 0. The van der Waals surface area contributed by atoms with Crippen LogP contribution < -0.4 is 16.4 Å². The molecule has 0 bridgehead atoms. The van der Waals surface area contributed by atoms with Gasteiger partial charge in [-0.3, -0.25) is 9.59 Å². The number of aryl methyl sites for hydroxylation is 1. The van der Waals surface area contributed by atoms with Gasteiger partial charge in [-0.2, -0.15) is 0 Å². The van der Waals surface area contributed by atoms with Crippen LogP contribution in [0.5, 0.6) is 0 Å². The lowest BCUT2D eigenvalue weighted by molar-refractivity contribution is -0.121. The van der Waals surface area contributed by atoms with Crippen LogP contribution in [-0.4, -0.2) is 30.9 Å². The van der Waals surface area contributed by atoms with E-state index in [4.69, 9.17) is 5.73 Å². The summed E-state index contributed by atoms with van der Waals surface area (Å²) in [5, 5.41) is 5.44. The lowest BCUT2D eigenvalue weighted by Gasteiger charge is -2.08. The summed E-state index contributed by atoms with van der Waals surface area (Å²) >= 11 is 0. The highest BCUT2D eigenvalue weighted by atomic mass is 35.5. The van der Waals surface area contributed by atoms with Gasteiger partial charge in [-0.05, 0) is 26.0 Å². The van der Waals surface area contributed by atoms with E-state index in [1.54, 1.807) is 19.1 Å². The zero-order chi connectivity index (χ0) is 14.3. The molecule has 0 saturated heterocycles. The van der Waals surface area contributed by atoms with E-state index in [0.29, 0.717) is 25.1 Å². The van der Waals surface area contributed by atoms with Gasteiger partial charge < -0.3 is 16.4 Å². The van der Waals surface area contributed by atoms with E-state index < -0.39 is 0 Å². The molecule has 0 aliphatic rings. The maximum absolute atomic E-state index is 11.7. The van der Waals surface area contributed by atoms with Crippen molar-refractivity contribution in [2.75, 3.05) is 13.1 Å². The van der Waals surface area contributed by atoms with Crippen LogP contribution in [0, 0.1) is 6.92 Å². The van der Waals surface area contributed by atoms with Crippen molar-refractivity contribution in [3.63, 3.8) is 0 Å². The number of halogens is 1. The van der Waals surface area contributed by atoms with E-state index in [1.807, 2.05) is 19.1 Å². The van der Waals surface area contributed by atoms with Gasteiger partial charge in [-0.25, -0.2) is 0 Å². The van der Waals surface area contributed by atoms with Crippen LogP contribution in [0.25, 0.3) is 0 Å². The highest BCUT2D eigenvalue weighted by molar-refractivity contribution is 5.94. The molecule has 1 aromatic rings. The molecule has 20 heavy (non-hydrogen) atoms. The molecule has 0 radical (unpaired) electrons. The van der Waals surface area contributed by atoms with E-state index in [9.17, 15) is 9.59 Å². The third kappa shape index (κ3) is 7.11. The maximum Gasteiger partial charge on any atom is 0.251 e. The predicted octanol–water partition coefficient (Wildman–Crippen LogP) is 1.00. The first kappa shape index (κ1) is 18.4. The number of carbonyl (C=O) groups is 2. The van der Waals surface area contributed by atoms with Crippen molar-refractivity contribution in [3.05, 3.63) is 35.4 Å². The summed E-state index contributed by atoms with van der Waals surface area (Å²) in [7, 11) is 0. The zero-order valence-corrected chi connectivity index (χ0v) is 12.6. The average molecular weight is 300 g/mol. The fraction of sp³-hybridized carbons (Fsp3) is 0.429. The molecular weight excluding hydrogens is 278 g/mol. The number of nitrogens with one attached hydrogen (secondary N) is 2. The van der Waals surface area contributed by atoms with E-state index in [1.165, 1.54) is 0 Å². The Bertz CT molecular complexity index is 433. The molecule has 4 N–H and O–H groups in total. The summed E-state index contributed by atoms with van der Waals surface area (Å²) in [4.78, 5) is 23.0. The monoisotopic (exact) mass is 299 g/mol. The highest BCUT2D eigenvalue weighted by Gasteiger charge is 2.06. The Morgan fingerprint density at radius 3 is 2.25 bits per heavy atom. The van der Waals surface area contributed by atoms with Gasteiger partial charge in [0.15, 0.2) is 0 Å². The molecule has 112 valence electrons. The Kier molecular flexibility index (Phi) is 8.59. The number of carbonyl (C=O) groups excluding carboxylic acids is 2. The summed E-state index contributed by atoms with van der Waals surface area (Å²) in [6.45, 7) is 4.55. The standard InChI is InChI=1S/C14H21N3O2.ClH/c1-10-3-5-12(6-4-10)14(19)17-8-7-16-13(18)9-11(2)15;/h3-6,11H,7-9,15H2,1-2H3,(H,16,18)(H,17,19);1H. The van der Waals surface area contributed by atoms with Crippen molar-refractivity contribution in [2.24, 2.45) is 5.73 Å². The van der Waals surface area contributed by atoms with Gasteiger partial charge in [0.05, 0.1) is 0 Å². The molecule has 1 aromatic carbocycles. The van der Waals surface area contributed by atoms with Gasteiger partial charge in [0.1, 0.15) is 0 Å². The van der Waals surface area contributed by atoms with E-state index in [-0.39, 0.29) is 30.3 Å². The van der Waals surface area contributed by atoms with E-state index >= 15 is 0 Å². The quantitative estimate of drug-likeness (QED) is 0.685. The van der Waals surface area contributed by atoms with Crippen LogP contribution >= 0.6 is 12.4 Å². The molecule has 0 fully saturated rings.